The molecule has 0 spiro atoms. The van der Waals surface area contributed by atoms with E-state index in [1.54, 1.807) is 6.92 Å². The van der Waals surface area contributed by atoms with Crippen molar-refractivity contribution in [2.24, 2.45) is 5.73 Å². The predicted octanol–water partition coefficient (Wildman–Crippen LogP) is 1.12. The van der Waals surface area contributed by atoms with E-state index in [-0.39, 0.29) is 12.2 Å². The number of hydrogen-bond acceptors (Lipinski definition) is 3. The quantitative estimate of drug-likeness (QED) is 0.831. The van der Waals surface area contributed by atoms with Crippen molar-refractivity contribution in [3.8, 4) is 0 Å². The molecule has 0 aliphatic rings. The van der Waals surface area contributed by atoms with Gasteiger partial charge in [0.1, 0.15) is 17.7 Å². The minimum atomic E-state index is -0.819. The molecular formula is C12H16F2N2O2. The Morgan fingerprint density at radius 3 is 2.72 bits per heavy atom. The maximum absolute atomic E-state index is 13.5. The Morgan fingerprint density at radius 1 is 1.50 bits per heavy atom. The number of rotatable bonds is 5. The van der Waals surface area contributed by atoms with Crippen molar-refractivity contribution in [1.82, 2.24) is 5.32 Å². The van der Waals surface area contributed by atoms with Crippen LogP contribution in [0.5, 0.6) is 0 Å². The summed E-state index contributed by atoms with van der Waals surface area (Å²) in [5, 5.41) is 2.53. The smallest absolute Gasteiger partial charge is 0.239 e. The van der Waals surface area contributed by atoms with Crippen LogP contribution in [-0.4, -0.2) is 25.7 Å². The number of nitrogens with one attached hydrogen (secondary N) is 1. The van der Waals surface area contributed by atoms with Gasteiger partial charge in [0.15, 0.2) is 0 Å². The van der Waals surface area contributed by atoms with E-state index in [0.717, 1.165) is 12.1 Å². The van der Waals surface area contributed by atoms with E-state index in [9.17, 15) is 13.6 Å². The van der Waals surface area contributed by atoms with Crippen LogP contribution in [0, 0.1) is 11.6 Å². The van der Waals surface area contributed by atoms with Crippen LogP contribution in [-0.2, 0) is 9.53 Å². The number of ether oxygens (including phenoxy) is 1. The Labute approximate surface area is 104 Å². The van der Waals surface area contributed by atoms with Crippen molar-refractivity contribution in [2.45, 2.75) is 19.0 Å². The van der Waals surface area contributed by atoms with Crippen molar-refractivity contribution in [2.75, 3.05) is 13.7 Å². The maximum Gasteiger partial charge on any atom is 0.239 e. The molecule has 100 valence electrons. The Morgan fingerprint density at radius 2 is 2.17 bits per heavy atom. The molecule has 0 bridgehead atoms. The average Bonchev–Trinajstić information content (AvgIpc) is 2.28. The van der Waals surface area contributed by atoms with E-state index in [0.29, 0.717) is 0 Å². The van der Waals surface area contributed by atoms with Gasteiger partial charge in [-0.25, -0.2) is 8.78 Å². The van der Waals surface area contributed by atoms with Gasteiger partial charge in [-0.05, 0) is 13.0 Å². The third kappa shape index (κ3) is 3.75. The lowest BCUT2D eigenvalue weighted by molar-refractivity contribution is -0.124. The second kappa shape index (κ2) is 6.42. The SMILES string of the molecule is COCC(N)C(=O)NC(C)c1ccc(F)cc1F. The number of hydrogen-bond donors (Lipinski definition) is 2. The Kier molecular flexibility index (Phi) is 5.18. The van der Waals surface area contributed by atoms with Crippen molar-refractivity contribution < 1.29 is 18.3 Å². The van der Waals surface area contributed by atoms with Crippen molar-refractivity contribution in [3.05, 3.63) is 35.4 Å². The molecule has 2 atom stereocenters. The van der Waals surface area contributed by atoms with Crippen LogP contribution in [0.2, 0.25) is 0 Å². The lowest BCUT2D eigenvalue weighted by Gasteiger charge is -2.18. The summed E-state index contributed by atoms with van der Waals surface area (Å²) in [6, 6.07) is 1.78. The highest BCUT2D eigenvalue weighted by Crippen LogP contribution is 2.17. The summed E-state index contributed by atoms with van der Waals surface area (Å²) in [5.41, 5.74) is 5.73. The van der Waals surface area contributed by atoms with Crippen LogP contribution in [0.25, 0.3) is 0 Å². The maximum atomic E-state index is 13.5. The van der Waals surface area contributed by atoms with Gasteiger partial charge in [0.05, 0.1) is 12.6 Å². The van der Waals surface area contributed by atoms with Gasteiger partial charge in [0, 0.05) is 18.7 Å². The van der Waals surface area contributed by atoms with Gasteiger partial charge in [-0.1, -0.05) is 6.07 Å². The fourth-order valence-corrected chi connectivity index (χ4v) is 1.51. The molecule has 0 radical (unpaired) electrons. The Hall–Kier alpha value is -1.53. The van der Waals surface area contributed by atoms with Gasteiger partial charge < -0.3 is 15.8 Å². The fraction of sp³-hybridized carbons (Fsp3) is 0.417. The molecule has 3 N–H and O–H groups in total. The van der Waals surface area contributed by atoms with E-state index in [4.69, 9.17) is 10.5 Å². The van der Waals surface area contributed by atoms with Crippen LogP contribution in [0.1, 0.15) is 18.5 Å². The summed E-state index contributed by atoms with van der Waals surface area (Å²) in [7, 11) is 1.43. The molecule has 0 heterocycles. The molecule has 0 saturated carbocycles. The molecule has 0 fully saturated rings. The molecule has 2 unspecified atom stereocenters. The molecule has 6 heteroatoms. The first-order chi connectivity index (χ1) is 8.45. The summed E-state index contributed by atoms with van der Waals surface area (Å²) in [6.07, 6.45) is 0. The molecule has 0 aromatic heterocycles. The third-order valence-electron chi connectivity index (χ3n) is 2.47. The summed E-state index contributed by atoms with van der Waals surface area (Å²) < 4.78 is 30.9. The molecule has 4 nitrogen and oxygen atoms in total. The molecule has 1 rings (SSSR count). The highest BCUT2D eigenvalue weighted by molar-refractivity contribution is 5.82. The lowest BCUT2D eigenvalue weighted by atomic mass is 10.1. The minimum Gasteiger partial charge on any atom is -0.383 e. The highest BCUT2D eigenvalue weighted by Gasteiger charge is 2.18. The van der Waals surface area contributed by atoms with Gasteiger partial charge in [-0.3, -0.25) is 4.79 Å². The summed E-state index contributed by atoms with van der Waals surface area (Å²) >= 11 is 0. The van der Waals surface area contributed by atoms with E-state index in [1.165, 1.54) is 13.2 Å². The van der Waals surface area contributed by atoms with E-state index in [1.807, 2.05) is 0 Å². The minimum absolute atomic E-state index is 0.0739. The molecule has 0 aliphatic heterocycles. The number of carbonyl (C=O) groups excluding carboxylic acids is 1. The molecular weight excluding hydrogens is 242 g/mol. The van der Waals surface area contributed by atoms with Crippen LogP contribution in [0.15, 0.2) is 18.2 Å². The second-order valence-electron chi connectivity index (χ2n) is 3.96. The topological polar surface area (TPSA) is 64.3 Å². The van der Waals surface area contributed by atoms with E-state index >= 15 is 0 Å². The number of amides is 1. The van der Waals surface area contributed by atoms with Crippen molar-refractivity contribution in [1.29, 1.82) is 0 Å². The van der Waals surface area contributed by atoms with Gasteiger partial charge in [-0.2, -0.15) is 0 Å². The predicted molar refractivity (Wildman–Crippen MR) is 62.8 cm³/mol. The highest BCUT2D eigenvalue weighted by atomic mass is 19.1. The standard InChI is InChI=1S/C12H16F2N2O2/c1-7(16-12(17)11(15)6-18-2)9-4-3-8(13)5-10(9)14/h3-5,7,11H,6,15H2,1-2H3,(H,16,17). The Balaban J connectivity index is 2.70. The zero-order valence-electron chi connectivity index (χ0n) is 10.2. The zero-order chi connectivity index (χ0) is 13.7. The fourth-order valence-electron chi connectivity index (χ4n) is 1.51. The first-order valence-electron chi connectivity index (χ1n) is 5.45. The number of methoxy groups -OCH3 is 1. The third-order valence-corrected chi connectivity index (χ3v) is 2.47. The molecule has 1 aromatic carbocycles. The van der Waals surface area contributed by atoms with Crippen LogP contribution < -0.4 is 11.1 Å². The van der Waals surface area contributed by atoms with Crippen LogP contribution in [0.3, 0.4) is 0 Å². The molecule has 1 amide bonds. The number of nitrogens with two attached hydrogens (primary N) is 1. The summed E-state index contributed by atoms with van der Waals surface area (Å²) in [5.74, 6) is -1.82. The normalized spacial score (nSPS) is 14.1. The first-order valence-corrected chi connectivity index (χ1v) is 5.45. The van der Waals surface area contributed by atoms with E-state index in [2.05, 4.69) is 5.32 Å². The first kappa shape index (κ1) is 14.5. The Bertz CT molecular complexity index is 427. The van der Waals surface area contributed by atoms with Crippen molar-refractivity contribution >= 4 is 5.91 Å². The largest absolute Gasteiger partial charge is 0.383 e. The molecule has 1 aromatic rings. The molecule has 18 heavy (non-hydrogen) atoms. The number of benzene rings is 1. The lowest BCUT2D eigenvalue weighted by Crippen LogP contribution is -2.44. The van der Waals surface area contributed by atoms with Crippen LogP contribution in [0.4, 0.5) is 8.78 Å². The summed E-state index contributed by atoms with van der Waals surface area (Å²) in [4.78, 5) is 11.6. The zero-order valence-corrected chi connectivity index (χ0v) is 10.2. The summed E-state index contributed by atoms with van der Waals surface area (Å²) in [6.45, 7) is 1.66. The number of carbonyl (C=O) groups is 1. The van der Waals surface area contributed by atoms with Gasteiger partial charge in [0.2, 0.25) is 5.91 Å². The molecule has 0 aliphatic carbocycles. The van der Waals surface area contributed by atoms with Crippen molar-refractivity contribution in [3.63, 3.8) is 0 Å². The number of halogens is 2. The average molecular weight is 258 g/mol. The van der Waals surface area contributed by atoms with Gasteiger partial charge in [-0.15, -0.1) is 0 Å². The second-order valence-corrected chi connectivity index (χ2v) is 3.96. The monoisotopic (exact) mass is 258 g/mol. The van der Waals surface area contributed by atoms with Crippen LogP contribution >= 0.6 is 0 Å². The van der Waals surface area contributed by atoms with Gasteiger partial charge >= 0.3 is 0 Å². The van der Waals surface area contributed by atoms with Gasteiger partial charge in [0.25, 0.3) is 0 Å². The van der Waals surface area contributed by atoms with E-state index < -0.39 is 29.6 Å². The molecule has 0 saturated heterocycles.